The Balaban J connectivity index is 1.57. The minimum Gasteiger partial charge on any atom is -0.348 e. The number of nitrogens with zero attached hydrogens (tertiary/aromatic N) is 4. The van der Waals surface area contributed by atoms with Gasteiger partial charge in [0, 0.05) is 31.2 Å². The summed E-state index contributed by atoms with van der Waals surface area (Å²) in [6.45, 7) is 6.56. The van der Waals surface area contributed by atoms with Crippen LogP contribution in [0.15, 0.2) is 22.9 Å². The molecule has 1 aliphatic carbocycles. The molecule has 2 fully saturated rings. The molecule has 2 amide bonds. The highest BCUT2D eigenvalue weighted by molar-refractivity contribution is 5.92. The van der Waals surface area contributed by atoms with Crippen LogP contribution in [-0.2, 0) is 10.2 Å². The van der Waals surface area contributed by atoms with Crippen molar-refractivity contribution < 1.29 is 18.5 Å². The average molecular weight is 401 g/mol. The van der Waals surface area contributed by atoms with E-state index in [9.17, 15) is 14.0 Å². The summed E-state index contributed by atoms with van der Waals surface area (Å²) in [4.78, 5) is 35.2. The van der Waals surface area contributed by atoms with Gasteiger partial charge in [-0.3, -0.25) is 9.59 Å². The molecule has 1 saturated carbocycles. The number of carbonyl (C=O) groups excluding carboxylic acids is 2. The van der Waals surface area contributed by atoms with Crippen LogP contribution in [0.3, 0.4) is 0 Å². The molecule has 0 spiro atoms. The van der Waals surface area contributed by atoms with E-state index in [-0.39, 0.29) is 29.5 Å². The summed E-state index contributed by atoms with van der Waals surface area (Å²) in [6, 6.07) is 2.46. The molecule has 0 radical (unpaired) electrons. The normalized spacial score (nSPS) is 26.0. The van der Waals surface area contributed by atoms with E-state index in [2.05, 4.69) is 20.4 Å². The van der Waals surface area contributed by atoms with Gasteiger partial charge in [-0.05, 0) is 37.8 Å². The van der Waals surface area contributed by atoms with Crippen LogP contribution in [-0.4, -0.2) is 51.0 Å². The van der Waals surface area contributed by atoms with Gasteiger partial charge < -0.3 is 14.7 Å². The first kappa shape index (κ1) is 19.5. The van der Waals surface area contributed by atoms with Crippen LogP contribution in [0, 0.1) is 24.6 Å². The topological polar surface area (TPSA) is 101 Å². The first-order valence-corrected chi connectivity index (χ1v) is 9.81. The van der Waals surface area contributed by atoms with Crippen molar-refractivity contribution in [3.05, 3.63) is 41.6 Å². The zero-order valence-corrected chi connectivity index (χ0v) is 16.7. The van der Waals surface area contributed by atoms with E-state index in [4.69, 9.17) is 4.52 Å². The Morgan fingerprint density at radius 3 is 2.86 bits per heavy atom. The second-order valence-electron chi connectivity index (χ2n) is 8.32. The number of aromatic nitrogens is 3. The number of carbonyl (C=O) groups is 2. The Morgan fingerprint density at radius 2 is 2.21 bits per heavy atom. The van der Waals surface area contributed by atoms with Crippen molar-refractivity contribution in [2.45, 2.75) is 45.1 Å². The van der Waals surface area contributed by atoms with Crippen LogP contribution in [0.5, 0.6) is 0 Å². The summed E-state index contributed by atoms with van der Waals surface area (Å²) < 4.78 is 19.4. The maximum atomic E-state index is 13.9. The Kier molecular flexibility index (Phi) is 4.84. The van der Waals surface area contributed by atoms with Gasteiger partial charge in [0.1, 0.15) is 0 Å². The zero-order valence-electron chi connectivity index (χ0n) is 16.7. The molecule has 3 heterocycles. The first-order chi connectivity index (χ1) is 13.8. The maximum Gasteiger partial charge on any atom is 0.273 e. The van der Waals surface area contributed by atoms with Gasteiger partial charge in [-0.25, -0.2) is 9.37 Å². The van der Waals surface area contributed by atoms with Gasteiger partial charge in [0.05, 0.1) is 5.41 Å². The number of amides is 2. The molecule has 29 heavy (non-hydrogen) atoms. The molecule has 8 nitrogen and oxygen atoms in total. The first-order valence-electron chi connectivity index (χ1n) is 9.81. The predicted octanol–water partition coefficient (Wildman–Crippen LogP) is 1.86. The van der Waals surface area contributed by atoms with Gasteiger partial charge in [0.2, 0.25) is 11.8 Å². The van der Waals surface area contributed by atoms with Crippen LogP contribution < -0.4 is 5.32 Å². The summed E-state index contributed by atoms with van der Waals surface area (Å²) in [5.41, 5.74) is -0.726. The van der Waals surface area contributed by atoms with Gasteiger partial charge in [0.15, 0.2) is 17.3 Å². The molecule has 0 aromatic carbocycles. The van der Waals surface area contributed by atoms with Crippen LogP contribution >= 0.6 is 0 Å². The molecule has 1 saturated heterocycles. The minimum atomic E-state index is -0.654. The molecule has 9 heteroatoms. The van der Waals surface area contributed by atoms with Crippen molar-refractivity contribution in [3.8, 4) is 0 Å². The fourth-order valence-electron chi connectivity index (χ4n) is 4.65. The summed E-state index contributed by atoms with van der Waals surface area (Å²) in [6.07, 6.45) is 2.57. The fourth-order valence-corrected chi connectivity index (χ4v) is 4.65. The van der Waals surface area contributed by atoms with Crippen LogP contribution in [0.2, 0.25) is 0 Å². The smallest absolute Gasteiger partial charge is 0.273 e. The third-order valence-electron chi connectivity index (χ3n) is 5.94. The summed E-state index contributed by atoms with van der Waals surface area (Å²) >= 11 is 0. The lowest BCUT2D eigenvalue weighted by atomic mass is 9.80. The van der Waals surface area contributed by atoms with Crippen LogP contribution in [0.4, 0.5) is 4.39 Å². The van der Waals surface area contributed by atoms with E-state index in [1.807, 2.05) is 18.7 Å². The molecular formula is C20H24FN5O3. The number of likely N-dealkylation sites (tertiary alicyclic amines) is 1. The Morgan fingerprint density at radius 1 is 1.41 bits per heavy atom. The minimum absolute atomic E-state index is 0.0731. The quantitative estimate of drug-likeness (QED) is 0.839. The largest absolute Gasteiger partial charge is 0.348 e. The maximum absolute atomic E-state index is 13.9. The molecule has 2 aromatic rings. The average Bonchev–Trinajstić information content (AvgIpc) is 3.33. The van der Waals surface area contributed by atoms with Crippen molar-refractivity contribution in [1.29, 1.82) is 0 Å². The van der Waals surface area contributed by atoms with Gasteiger partial charge >= 0.3 is 0 Å². The zero-order chi connectivity index (χ0) is 20.8. The number of hydrogen-bond acceptors (Lipinski definition) is 6. The summed E-state index contributed by atoms with van der Waals surface area (Å²) in [5, 5.41) is 6.83. The van der Waals surface area contributed by atoms with Gasteiger partial charge in [-0.15, -0.1) is 0 Å². The molecule has 3 atom stereocenters. The SMILES string of the molecule is Cc1noc([C@]23C[C@H](NC(=O)c4ncccc4F)CC2CN(C(=O)C(C)C)C3)n1. The molecule has 1 unspecified atom stereocenters. The Labute approximate surface area is 167 Å². The van der Waals surface area contributed by atoms with Crippen molar-refractivity contribution in [2.24, 2.45) is 11.8 Å². The highest BCUT2D eigenvalue weighted by Crippen LogP contribution is 2.50. The number of hydrogen-bond donors (Lipinski definition) is 1. The van der Waals surface area contributed by atoms with E-state index in [1.54, 1.807) is 6.92 Å². The van der Waals surface area contributed by atoms with E-state index >= 15 is 0 Å². The van der Waals surface area contributed by atoms with Crippen LogP contribution in [0.25, 0.3) is 0 Å². The van der Waals surface area contributed by atoms with E-state index in [1.165, 1.54) is 18.3 Å². The lowest BCUT2D eigenvalue weighted by Gasteiger charge is -2.26. The fraction of sp³-hybridized carbons (Fsp3) is 0.550. The van der Waals surface area contributed by atoms with Crippen molar-refractivity contribution in [2.75, 3.05) is 13.1 Å². The van der Waals surface area contributed by atoms with Crippen molar-refractivity contribution in [3.63, 3.8) is 0 Å². The molecule has 0 bridgehead atoms. The second kappa shape index (κ2) is 7.20. The van der Waals surface area contributed by atoms with E-state index in [0.717, 1.165) is 0 Å². The molecule has 2 aliphatic rings. The molecule has 1 N–H and O–H groups in total. The van der Waals surface area contributed by atoms with E-state index < -0.39 is 17.1 Å². The Hall–Kier alpha value is -2.84. The molecule has 4 rings (SSSR count). The highest BCUT2D eigenvalue weighted by Gasteiger charge is 2.58. The number of fused-ring (bicyclic) bond motifs is 1. The number of aryl methyl sites for hydroxylation is 1. The van der Waals surface area contributed by atoms with Gasteiger partial charge in [-0.1, -0.05) is 19.0 Å². The monoisotopic (exact) mass is 401 g/mol. The molecule has 154 valence electrons. The van der Waals surface area contributed by atoms with Gasteiger partial charge in [-0.2, -0.15) is 4.98 Å². The Bertz CT molecular complexity index is 946. The predicted molar refractivity (Wildman–Crippen MR) is 100 cm³/mol. The standard InChI is InChI=1S/C20H24FN5O3/c1-11(2)18(28)26-9-13-7-14(24-17(27)16-15(21)5-4-6-22-16)8-20(13,10-26)19-23-12(3)25-29-19/h4-6,11,13-14H,7-10H2,1-3H3,(H,24,27)/t13?,14-,20+/m1/s1. The van der Waals surface area contributed by atoms with Crippen LogP contribution in [0.1, 0.15) is 48.9 Å². The molecule has 1 aliphatic heterocycles. The number of halogens is 1. The number of rotatable bonds is 4. The highest BCUT2D eigenvalue weighted by atomic mass is 19.1. The van der Waals surface area contributed by atoms with Crippen molar-refractivity contribution >= 4 is 11.8 Å². The number of nitrogens with one attached hydrogen (secondary N) is 1. The van der Waals surface area contributed by atoms with Crippen molar-refractivity contribution in [1.82, 2.24) is 25.3 Å². The number of pyridine rings is 1. The summed E-state index contributed by atoms with van der Waals surface area (Å²) in [5.74, 6) is -0.100. The van der Waals surface area contributed by atoms with Gasteiger partial charge in [0.25, 0.3) is 5.91 Å². The lowest BCUT2D eigenvalue weighted by Crippen LogP contribution is -2.40. The summed E-state index contributed by atoms with van der Waals surface area (Å²) in [7, 11) is 0. The third-order valence-corrected chi connectivity index (χ3v) is 5.94. The second-order valence-corrected chi connectivity index (χ2v) is 8.32. The molecule has 2 aromatic heterocycles. The molecular weight excluding hydrogens is 377 g/mol. The lowest BCUT2D eigenvalue weighted by molar-refractivity contribution is -0.133. The van der Waals surface area contributed by atoms with E-state index in [0.29, 0.717) is 37.6 Å². The third kappa shape index (κ3) is 3.38.